The monoisotopic (exact) mass is 397 g/mol. The van der Waals surface area contributed by atoms with Gasteiger partial charge in [-0.25, -0.2) is 4.79 Å². The summed E-state index contributed by atoms with van der Waals surface area (Å²) in [4.78, 5) is 15.4. The molecule has 0 spiro atoms. The maximum atomic E-state index is 13.0. The van der Waals surface area contributed by atoms with Crippen LogP contribution in [0, 0.1) is 5.92 Å². The van der Waals surface area contributed by atoms with Crippen molar-refractivity contribution in [3.63, 3.8) is 0 Å². The Morgan fingerprint density at radius 1 is 1.17 bits per heavy atom. The van der Waals surface area contributed by atoms with Crippen molar-refractivity contribution in [3.8, 4) is 5.75 Å². The third-order valence-corrected chi connectivity index (χ3v) is 6.34. The number of aromatic hydroxyl groups is 1. The summed E-state index contributed by atoms with van der Waals surface area (Å²) in [6.07, 6.45) is 3.94. The fourth-order valence-corrected chi connectivity index (χ4v) is 4.47. The van der Waals surface area contributed by atoms with Gasteiger partial charge in [0.25, 0.3) is 0 Å². The van der Waals surface area contributed by atoms with Gasteiger partial charge in [0.1, 0.15) is 11.5 Å². The highest BCUT2D eigenvalue weighted by molar-refractivity contribution is 5.41. The van der Waals surface area contributed by atoms with Gasteiger partial charge in [-0.05, 0) is 43.7 Å². The van der Waals surface area contributed by atoms with Crippen LogP contribution >= 0.6 is 0 Å². The number of rotatable bonds is 8. The van der Waals surface area contributed by atoms with Gasteiger partial charge >= 0.3 is 5.63 Å². The Balaban J connectivity index is 1.56. The van der Waals surface area contributed by atoms with E-state index in [1.807, 2.05) is 30.3 Å². The SMILES string of the molecule is CCC(CCN1CCOCC1)c1cc(O)c(C(c2ccccc2)C2CC2)c(=O)o1. The van der Waals surface area contributed by atoms with E-state index in [9.17, 15) is 9.90 Å². The van der Waals surface area contributed by atoms with Gasteiger partial charge in [0.2, 0.25) is 0 Å². The first-order valence-electron chi connectivity index (χ1n) is 10.9. The van der Waals surface area contributed by atoms with Gasteiger partial charge in [0, 0.05) is 31.0 Å². The van der Waals surface area contributed by atoms with E-state index in [0.29, 0.717) is 17.2 Å². The van der Waals surface area contributed by atoms with E-state index in [-0.39, 0.29) is 23.2 Å². The molecule has 156 valence electrons. The highest BCUT2D eigenvalue weighted by Crippen LogP contribution is 2.47. The maximum absolute atomic E-state index is 13.0. The lowest BCUT2D eigenvalue weighted by molar-refractivity contribution is 0.0362. The van der Waals surface area contributed by atoms with Crippen molar-refractivity contribution in [1.29, 1.82) is 0 Å². The summed E-state index contributed by atoms with van der Waals surface area (Å²) in [6, 6.07) is 11.7. The molecule has 2 atom stereocenters. The molecule has 1 aromatic heterocycles. The summed E-state index contributed by atoms with van der Waals surface area (Å²) in [5.41, 5.74) is 1.11. The molecule has 1 aromatic carbocycles. The van der Waals surface area contributed by atoms with Crippen LogP contribution in [-0.2, 0) is 4.74 Å². The predicted octanol–water partition coefficient (Wildman–Crippen LogP) is 4.10. The molecule has 0 radical (unpaired) electrons. The van der Waals surface area contributed by atoms with E-state index in [1.54, 1.807) is 6.07 Å². The van der Waals surface area contributed by atoms with Gasteiger partial charge < -0.3 is 14.3 Å². The Hall–Kier alpha value is -2.11. The van der Waals surface area contributed by atoms with Crippen molar-refractivity contribution >= 4 is 0 Å². The third kappa shape index (κ3) is 4.73. The summed E-state index contributed by atoms with van der Waals surface area (Å²) < 4.78 is 11.2. The molecule has 0 bridgehead atoms. The Morgan fingerprint density at radius 3 is 2.52 bits per heavy atom. The van der Waals surface area contributed by atoms with E-state index in [4.69, 9.17) is 9.15 Å². The van der Waals surface area contributed by atoms with Crippen LogP contribution in [0.25, 0.3) is 0 Å². The molecular weight excluding hydrogens is 366 g/mol. The average molecular weight is 398 g/mol. The second-order valence-corrected chi connectivity index (χ2v) is 8.31. The lowest BCUT2D eigenvalue weighted by atomic mass is 9.87. The van der Waals surface area contributed by atoms with Crippen molar-refractivity contribution in [3.05, 3.63) is 63.7 Å². The Kier molecular flexibility index (Phi) is 6.36. The van der Waals surface area contributed by atoms with Gasteiger partial charge in [-0.3, -0.25) is 4.90 Å². The van der Waals surface area contributed by atoms with Gasteiger partial charge in [0.15, 0.2) is 0 Å². The molecule has 2 heterocycles. The Bertz CT molecular complexity index is 853. The zero-order valence-electron chi connectivity index (χ0n) is 17.2. The number of hydrogen-bond donors (Lipinski definition) is 1. The summed E-state index contributed by atoms with van der Waals surface area (Å²) in [7, 11) is 0. The first kappa shape index (κ1) is 20.2. The molecule has 29 heavy (non-hydrogen) atoms. The zero-order valence-corrected chi connectivity index (χ0v) is 17.2. The van der Waals surface area contributed by atoms with Crippen LogP contribution in [0.1, 0.15) is 61.3 Å². The fourth-order valence-electron chi connectivity index (χ4n) is 4.47. The number of hydrogen-bond acceptors (Lipinski definition) is 5. The van der Waals surface area contributed by atoms with Crippen LogP contribution in [-0.4, -0.2) is 42.9 Å². The van der Waals surface area contributed by atoms with Crippen molar-refractivity contribution in [2.45, 2.75) is 44.4 Å². The highest BCUT2D eigenvalue weighted by Gasteiger charge is 2.37. The van der Waals surface area contributed by atoms with Crippen molar-refractivity contribution in [1.82, 2.24) is 4.90 Å². The molecule has 4 rings (SSSR count). The van der Waals surface area contributed by atoms with Crippen LogP contribution in [0.5, 0.6) is 5.75 Å². The molecular formula is C24H31NO4. The van der Waals surface area contributed by atoms with Gasteiger partial charge in [0.05, 0.1) is 18.8 Å². The summed E-state index contributed by atoms with van der Waals surface area (Å²) in [5, 5.41) is 10.9. The molecule has 2 fully saturated rings. The maximum Gasteiger partial charge on any atom is 0.343 e. The first-order valence-corrected chi connectivity index (χ1v) is 10.9. The Labute approximate surface area is 172 Å². The molecule has 2 aromatic rings. The lowest BCUT2D eigenvalue weighted by Gasteiger charge is -2.28. The molecule has 1 saturated carbocycles. The topological polar surface area (TPSA) is 62.9 Å². The molecule has 2 unspecified atom stereocenters. The van der Waals surface area contributed by atoms with Crippen LogP contribution < -0.4 is 5.63 Å². The summed E-state index contributed by atoms with van der Waals surface area (Å²) in [5.74, 6) is 1.13. The highest BCUT2D eigenvalue weighted by atomic mass is 16.5. The second-order valence-electron chi connectivity index (χ2n) is 8.31. The van der Waals surface area contributed by atoms with Gasteiger partial charge in [-0.2, -0.15) is 0 Å². The largest absolute Gasteiger partial charge is 0.507 e. The summed E-state index contributed by atoms with van der Waals surface area (Å²) >= 11 is 0. The fraction of sp³-hybridized carbons (Fsp3) is 0.542. The normalized spacial score (nSPS) is 19.8. The van der Waals surface area contributed by atoms with Crippen molar-refractivity contribution in [2.75, 3.05) is 32.8 Å². The summed E-state index contributed by atoms with van der Waals surface area (Å²) in [6.45, 7) is 6.51. The van der Waals surface area contributed by atoms with E-state index >= 15 is 0 Å². The number of nitrogens with zero attached hydrogens (tertiary/aromatic N) is 1. The van der Waals surface area contributed by atoms with Crippen LogP contribution in [0.4, 0.5) is 0 Å². The third-order valence-electron chi connectivity index (χ3n) is 6.34. The van der Waals surface area contributed by atoms with Gasteiger partial charge in [-0.15, -0.1) is 0 Å². The minimum atomic E-state index is -0.384. The van der Waals surface area contributed by atoms with E-state index in [2.05, 4.69) is 11.8 Å². The van der Waals surface area contributed by atoms with Gasteiger partial charge in [-0.1, -0.05) is 37.3 Å². The van der Waals surface area contributed by atoms with Crippen molar-refractivity contribution in [2.24, 2.45) is 5.92 Å². The number of morpholine rings is 1. The van der Waals surface area contributed by atoms with Crippen LogP contribution in [0.3, 0.4) is 0 Å². The second kappa shape index (κ2) is 9.14. The molecule has 1 saturated heterocycles. The van der Waals surface area contributed by atoms with E-state index < -0.39 is 0 Å². The minimum Gasteiger partial charge on any atom is -0.507 e. The van der Waals surface area contributed by atoms with Crippen LogP contribution in [0.15, 0.2) is 45.6 Å². The smallest absolute Gasteiger partial charge is 0.343 e. The number of ether oxygens (including phenoxy) is 1. The molecule has 1 aliphatic carbocycles. The Morgan fingerprint density at radius 2 is 1.90 bits per heavy atom. The predicted molar refractivity (Wildman–Crippen MR) is 113 cm³/mol. The molecule has 5 nitrogen and oxygen atoms in total. The van der Waals surface area contributed by atoms with E-state index in [1.165, 1.54) is 0 Å². The van der Waals surface area contributed by atoms with E-state index in [0.717, 1.165) is 64.1 Å². The molecule has 1 N–H and O–H groups in total. The van der Waals surface area contributed by atoms with Crippen LogP contribution in [0.2, 0.25) is 0 Å². The first-order chi connectivity index (χ1) is 14.2. The number of benzene rings is 1. The molecule has 1 aliphatic heterocycles. The lowest BCUT2D eigenvalue weighted by Crippen LogP contribution is -2.37. The standard InChI is InChI=1S/C24H31NO4/c1-2-17(10-11-25-12-14-28-15-13-25)21-16-20(26)23(24(27)29-21)22(19-8-9-19)18-6-4-3-5-7-18/h3-7,16-17,19,22,26H,2,8-15H2,1H3. The molecule has 0 amide bonds. The molecule has 2 aliphatic rings. The zero-order chi connectivity index (χ0) is 20.2. The van der Waals surface area contributed by atoms with Crippen molar-refractivity contribution < 1.29 is 14.3 Å². The molecule has 5 heteroatoms. The minimum absolute atomic E-state index is 0.0850. The quantitative estimate of drug-likeness (QED) is 0.726. The average Bonchev–Trinajstić information content (AvgIpc) is 3.57.